The van der Waals surface area contributed by atoms with E-state index in [4.69, 9.17) is 14.2 Å². The van der Waals surface area contributed by atoms with E-state index in [0.29, 0.717) is 50.1 Å². The van der Waals surface area contributed by atoms with Crippen LogP contribution in [0.15, 0.2) is 0 Å². The molecule has 2 unspecified atom stereocenters. The van der Waals surface area contributed by atoms with Crippen LogP contribution in [-0.2, 0) is 15.9 Å². The van der Waals surface area contributed by atoms with Crippen LogP contribution in [0.25, 0.3) is 5.65 Å². The number of aryl methyl sites for hydroxylation is 1. The average Bonchev–Trinajstić information content (AvgIpc) is 3.51. The van der Waals surface area contributed by atoms with Gasteiger partial charge >= 0.3 is 12.1 Å². The van der Waals surface area contributed by atoms with Gasteiger partial charge in [0.2, 0.25) is 5.88 Å². The van der Waals surface area contributed by atoms with Crippen LogP contribution in [0.3, 0.4) is 0 Å². The van der Waals surface area contributed by atoms with Gasteiger partial charge in [-0.3, -0.25) is 0 Å². The molecule has 2 atom stereocenters. The normalized spacial score (nSPS) is 23.0. The molecule has 1 saturated carbocycles. The lowest BCUT2D eigenvalue weighted by Gasteiger charge is -2.40. The molecule has 1 saturated heterocycles. The summed E-state index contributed by atoms with van der Waals surface area (Å²) in [4.78, 5) is 31.9. The molecular weight excluding hydrogens is 522 g/mol. The largest absolute Gasteiger partial charge is 0.458 e. The number of hydrogen-bond donors (Lipinski definition) is 1. The number of unbranched alkanes of at least 4 members (excludes halogenated alkanes) is 3. The first-order chi connectivity index (χ1) is 19.9. The Morgan fingerprint density at radius 1 is 1.05 bits per heavy atom. The first kappa shape index (κ1) is 30.9. The number of hydrogen-bond acceptors (Lipinski definition) is 7. The summed E-state index contributed by atoms with van der Waals surface area (Å²) in [6.07, 6.45) is 10.2. The van der Waals surface area contributed by atoms with Gasteiger partial charge in [0.05, 0.1) is 13.2 Å². The van der Waals surface area contributed by atoms with Gasteiger partial charge in [-0.25, -0.2) is 9.59 Å². The summed E-state index contributed by atoms with van der Waals surface area (Å²) in [6.45, 7) is 10.4. The van der Waals surface area contributed by atoms with Gasteiger partial charge in [-0.2, -0.15) is 14.9 Å². The Kier molecular flexibility index (Phi) is 11.1. The van der Waals surface area contributed by atoms with Gasteiger partial charge in [0, 0.05) is 19.5 Å². The van der Waals surface area contributed by atoms with Crippen molar-refractivity contribution < 1.29 is 23.8 Å². The SMILES string of the molecule is CCCCc1nn2c(OC(=O)N3CCOCC3)c(C#N)c(C(=O)OC3C(CCCC)CC(C)CC3CCCC)c2[nH]1. The molecule has 10 heteroatoms. The maximum atomic E-state index is 14.0. The molecule has 0 spiro atoms. The van der Waals surface area contributed by atoms with Gasteiger partial charge in [-0.1, -0.05) is 59.8 Å². The standard InChI is InChI=1S/C31H47N5O5/c1-5-8-11-22-18-21(4)19-23(12-9-6-2)27(22)40-30(37)26-24(20-32)29(41-31(38)35-14-16-39-17-15-35)36-28(26)33-25(34-36)13-10-7-3/h21-23,27H,5-19H2,1-4H3,(H,33,34). The summed E-state index contributed by atoms with van der Waals surface area (Å²) >= 11 is 0. The third-order valence-electron chi connectivity index (χ3n) is 8.56. The minimum Gasteiger partial charge on any atom is -0.458 e. The van der Waals surface area contributed by atoms with E-state index < -0.39 is 12.1 Å². The van der Waals surface area contributed by atoms with Gasteiger partial charge in [0.25, 0.3) is 0 Å². The molecule has 1 aliphatic carbocycles. The summed E-state index contributed by atoms with van der Waals surface area (Å²) in [6, 6.07) is 2.12. The highest BCUT2D eigenvalue weighted by Gasteiger charge is 2.40. The second-order valence-electron chi connectivity index (χ2n) is 11.8. The minimum atomic E-state index is -0.595. The van der Waals surface area contributed by atoms with Gasteiger partial charge in [-0.15, -0.1) is 0 Å². The Morgan fingerprint density at radius 2 is 1.68 bits per heavy atom. The third kappa shape index (κ3) is 7.24. The number of H-pyrrole nitrogens is 1. The molecule has 3 heterocycles. The highest BCUT2D eigenvalue weighted by molar-refractivity contribution is 6.00. The predicted octanol–water partition coefficient (Wildman–Crippen LogP) is 6.28. The van der Waals surface area contributed by atoms with Crippen LogP contribution in [0, 0.1) is 29.1 Å². The fourth-order valence-electron chi connectivity index (χ4n) is 6.43. The summed E-state index contributed by atoms with van der Waals surface area (Å²) < 4.78 is 18.9. The molecule has 2 aromatic heterocycles. The van der Waals surface area contributed by atoms with E-state index in [9.17, 15) is 14.9 Å². The molecule has 41 heavy (non-hydrogen) atoms. The van der Waals surface area contributed by atoms with E-state index in [1.165, 1.54) is 9.42 Å². The second-order valence-corrected chi connectivity index (χ2v) is 11.8. The molecule has 10 nitrogen and oxygen atoms in total. The Labute approximate surface area is 243 Å². The highest BCUT2D eigenvalue weighted by Crippen LogP contribution is 2.41. The molecule has 2 aliphatic rings. The first-order valence-electron chi connectivity index (χ1n) is 15.7. The summed E-state index contributed by atoms with van der Waals surface area (Å²) in [7, 11) is 0. The quantitative estimate of drug-likeness (QED) is 0.299. The topological polar surface area (TPSA) is 122 Å². The van der Waals surface area contributed by atoms with Crippen molar-refractivity contribution in [2.75, 3.05) is 26.3 Å². The fraction of sp³-hybridized carbons (Fsp3) is 0.742. The predicted molar refractivity (Wildman–Crippen MR) is 155 cm³/mol. The van der Waals surface area contributed by atoms with Crippen LogP contribution >= 0.6 is 0 Å². The number of carbonyl (C=O) groups excluding carboxylic acids is 2. The van der Waals surface area contributed by atoms with E-state index in [-0.39, 0.29) is 34.9 Å². The number of ether oxygens (including phenoxy) is 3. The number of nitrogens with zero attached hydrogens (tertiary/aromatic N) is 4. The number of fused-ring (bicyclic) bond motifs is 1. The maximum Gasteiger partial charge on any atom is 0.416 e. The Morgan fingerprint density at radius 3 is 2.27 bits per heavy atom. The van der Waals surface area contributed by atoms with Crippen LogP contribution in [0.1, 0.15) is 114 Å². The van der Waals surface area contributed by atoms with Gasteiger partial charge in [-0.05, 0) is 49.9 Å². The second kappa shape index (κ2) is 14.7. The smallest absolute Gasteiger partial charge is 0.416 e. The molecule has 1 N–H and O–H groups in total. The lowest BCUT2D eigenvalue weighted by Crippen LogP contribution is -2.42. The number of amides is 1. The number of rotatable bonds is 12. The number of aromatic nitrogens is 3. The summed E-state index contributed by atoms with van der Waals surface area (Å²) in [5, 5.41) is 14.9. The van der Waals surface area contributed by atoms with Crippen molar-refractivity contribution in [2.45, 2.75) is 104 Å². The monoisotopic (exact) mass is 569 g/mol. The molecular formula is C31H47N5O5. The van der Waals surface area contributed by atoms with Crippen molar-refractivity contribution in [3.63, 3.8) is 0 Å². The van der Waals surface area contributed by atoms with E-state index in [0.717, 1.165) is 64.2 Å². The molecule has 226 valence electrons. The third-order valence-corrected chi connectivity index (χ3v) is 8.56. The van der Waals surface area contributed by atoms with Gasteiger partial charge < -0.3 is 24.1 Å². The first-order valence-corrected chi connectivity index (χ1v) is 15.7. The van der Waals surface area contributed by atoms with Crippen LogP contribution in [0.4, 0.5) is 4.79 Å². The van der Waals surface area contributed by atoms with E-state index in [1.807, 2.05) is 0 Å². The number of morpholine rings is 1. The molecule has 2 aromatic rings. The van der Waals surface area contributed by atoms with Crippen LogP contribution in [-0.4, -0.2) is 64.0 Å². The Bertz CT molecular complexity index is 1190. The van der Waals surface area contributed by atoms with Gasteiger partial charge in [0.15, 0.2) is 5.65 Å². The molecule has 1 aliphatic heterocycles. The highest BCUT2D eigenvalue weighted by atomic mass is 16.6. The molecule has 4 rings (SSSR count). The Balaban J connectivity index is 1.70. The van der Waals surface area contributed by atoms with Crippen LogP contribution in [0.2, 0.25) is 0 Å². The number of nitrogens with one attached hydrogen (secondary N) is 1. The van der Waals surface area contributed by atoms with Gasteiger partial charge in [0.1, 0.15) is 29.1 Å². The number of aromatic amines is 1. The zero-order valence-electron chi connectivity index (χ0n) is 25.2. The molecule has 1 amide bonds. The fourth-order valence-corrected chi connectivity index (χ4v) is 6.43. The zero-order chi connectivity index (χ0) is 29.4. The number of carbonyl (C=O) groups is 2. The minimum absolute atomic E-state index is 0.0307. The zero-order valence-corrected chi connectivity index (χ0v) is 25.2. The lowest BCUT2D eigenvalue weighted by molar-refractivity contribution is -0.0393. The van der Waals surface area contributed by atoms with Crippen molar-refractivity contribution in [3.8, 4) is 11.9 Å². The molecule has 0 aromatic carbocycles. The van der Waals surface area contributed by atoms with Crippen molar-refractivity contribution in [3.05, 3.63) is 17.0 Å². The molecule has 0 radical (unpaired) electrons. The average molecular weight is 570 g/mol. The van der Waals surface area contributed by atoms with Crippen molar-refractivity contribution in [1.82, 2.24) is 19.5 Å². The number of esters is 1. The summed E-state index contributed by atoms with van der Waals surface area (Å²) in [5.74, 6) is 1.22. The molecule has 2 fully saturated rings. The van der Waals surface area contributed by atoms with Crippen molar-refractivity contribution >= 4 is 17.7 Å². The maximum absolute atomic E-state index is 14.0. The number of nitriles is 1. The molecule has 0 bridgehead atoms. The van der Waals surface area contributed by atoms with E-state index in [2.05, 4.69) is 43.8 Å². The van der Waals surface area contributed by atoms with Crippen LogP contribution < -0.4 is 4.74 Å². The van der Waals surface area contributed by atoms with E-state index >= 15 is 0 Å². The lowest BCUT2D eigenvalue weighted by atomic mass is 9.70. The van der Waals surface area contributed by atoms with Crippen LogP contribution in [0.5, 0.6) is 5.88 Å². The van der Waals surface area contributed by atoms with Crippen molar-refractivity contribution in [2.24, 2.45) is 17.8 Å². The summed E-state index contributed by atoms with van der Waals surface area (Å²) in [5.41, 5.74) is 0.397. The van der Waals surface area contributed by atoms with E-state index in [1.54, 1.807) is 0 Å². The Hall–Kier alpha value is -3.06. The van der Waals surface area contributed by atoms with Crippen molar-refractivity contribution in [1.29, 1.82) is 5.26 Å².